The molecule has 1 unspecified atom stereocenters. The molecule has 1 N–H and O–H groups in total. The minimum absolute atomic E-state index is 0.0712. The molecule has 0 bridgehead atoms. The first-order chi connectivity index (χ1) is 18.1. The number of carbonyl (C=O) groups is 2. The van der Waals surface area contributed by atoms with Crippen molar-refractivity contribution in [3.05, 3.63) is 53.1 Å². The van der Waals surface area contributed by atoms with Crippen LogP contribution in [0.1, 0.15) is 45.1 Å². The second-order valence-corrected chi connectivity index (χ2v) is 11.5. The van der Waals surface area contributed by atoms with Crippen molar-refractivity contribution in [3.63, 3.8) is 0 Å². The number of anilines is 1. The Morgan fingerprint density at radius 1 is 1.05 bits per heavy atom. The van der Waals surface area contributed by atoms with E-state index in [1.807, 2.05) is 26.0 Å². The van der Waals surface area contributed by atoms with E-state index in [1.165, 1.54) is 4.31 Å². The van der Waals surface area contributed by atoms with Crippen LogP contribution >= 0.6 is 11.6 Å². The van der Waals surface area contributed by atoms with Crippen LogP contribution in [0.5, 0.6) is 11.5 Å². The molecule has 9 nitrogen and oxygen atoms in total. The third kappa shape index (κ3) is 8.01. The van der Waals surface area contributed by atoms with Gasteiger partial charge in [0, 0.05) is 37.1 Å². The van der Waals surface area contributed by atoms with E-state index in [4.69, 9.17) is 21.1 Å². The molecule has 11 heteroatoms. The highest BCUT2D eigenvalue weighted by molar-refractivity contribution is 7.92. The van der Waals surface area contributed by atoms with Gasteiger partial charge in [-0.3, -0.25) is 13.9 Å². The van der Waals surface area contributed by atoms with Crippen LogP contribution in [0, 0.1) is 0 Å². The van der Waals surface area contributed by atoms with Crippen molar-refractivity contribution in [2.45, 2.75) is 52.1 Å². The van der Waals surface area contributed by atoms with Gasteiger partial charge in [0.1, 0.15) is 19.3 Å². The van der Waals surface area contributed by atoms with E-state index in [0.29, 0.717) is 48.4 Å². The number of fused-ring (bicyclic) bond motifs is 1. The van der Waals surface area contributed by atoms with Crippen LogP contribution in [-0.4, -0.2) is 63.7 Å². The number of carbonyl (C=O) groups excluding carboxylic acids is 2. The van der Waals surface area contributed by atoms with Crippen molar-refractivity contribution < 1.29 is 27.5 Å². The Morgan fingerprint density at radius 2 is 1.74 bits per heavy atom. The lowest BCUT2D eigenvalue weighted by Crippen LogP contribution is -2.49. The molecule has 2 aromatic rings. The van der Waals surface area contributed by atoms with Crippen LogP contribution in [0.3, 0.4) is 0 Å². The standard InChI is InChI=1S/C27H36ClN3O6S/c1-4-14-29-27(33)23(5-2)30(19-20-8-10-21(28)11-9-20)26(32)7-6-15-31(38(3,34)35)22-12-13-24-25(18-22)37-17-16-36-24/h8-13,18,23H,4-7,14-17,19H2,1-3H3,(H,29,33). The third-order valence-corrected chi connectivity index (χ3v) is 7.61. The van der Waals surface area contributed by atoms with Crippen LogP contribution in [0.15, 0.2) is 42.5 Å². The summed E-state index contributed by atoms with van der Waals surface area (Å²) in [7, 11) is -3.62. The SMILES string of the molecule is CCCNC(=O)C(CC)N(Cc1ccc(Cl)cc1)C(=O)CCCN(c1ccc2c(c1)OCCO2)S(C)(=O)=O. The van der Waals surface area contributed by atoms with Crippen LogP contribution < -0.4 is 19.1 Å². The normalized spacial score (nSPS) is 13.5. The molecule has 0 radical (unpaired) electrons. The Hall–Kier alpha value is -2.98. The van der Waals surface area contributed by atoms with E-state index in [2.05, 4.69) is 5.32 Å². The summed E-state index contributed by atoms with van der Waals surface area (Å²) in [5.74, 6) is 0.615. The zero-order valence-corrected chi connectivity index (χ0v) is 23.7. The van der Waals surface area contributed by atoms with E-state index in [-0.39, 0.29) is 37.7 Å². The lowest BCUT2D eigenvalue weighted by atomic mass is 10.1. The van der Waals surface area contributed by atoms with Gasteiger partial charge in [0.25, 0.3) is 0 Å². The molecule has 3 rings (SSSR count). The second kappa shape index (κ2) is 13.7. The van der Waals surface area contributed by atoms with Gasteiger partial charge in [-0.2, -0.15) is 0 Å². The van der Waals surface area contributed by atoms with E-state index in [0.717, 1.165) is 18.2 Å². The van der Waals surface area contributed by atoms with Gasteiger partial charge >= 0.3 is 0 Å². The van der Waals surface area contributed by atoms with Crippen LogP contribution in [0.25, 0.3) is 0 Å². The molecule has 1 atom stereocenters. The number of rotatable bonds is 13. The Kier molecular flexibility index (Phi) is 10.7. The van der Waals surface area contributed by atoms with E-state index >= 15 is 0 Å². The largest absolute Gasteiger partial charge is 0.486 e. The number of amides is 2. The molecule has 0 saturated heterocycles. The summed E-state index contributed by atoms with van der Waals surface area (Å²) in [5, 5.41) is 3.47. The summed E-state index contributed by atoms with van der Waals surface area (Å²) in [5.41, 5.74) is 1.28. The smallest absolute Gasteiger partial charge is 0.242 e. The summed E-state index contributed by atoms with van der Waals surface area (Å²) in [6, 6.07) is 11.5. The highest BCUT2D eigenvalue weighted by Crippen LogP contribution is 2.34. The number of hydrogen-bond acceptors (Lipinski definition) is 6. The van der Waals surface area contributed by atoms with Crippen LogP contribution in [0.4, 0.5) is 5.69 Å². The maximum absolute atomic E-state index is 13.5. The minimum Gasteiger partial charge on any atom is -0.486 e. The Bertz CT molecular complexity index is 1210. The van der Waals surface area contributed by atoms with Crippen molar-refractivity contribution in [2.75, 3.05) is 36.9 Å². The first-order valence-electron chi connectivity index (χ1n) is 12.8. The number of halogens is 1. The molecule has 38 heavy (non-hydrogen) atoms. The monoisotopic (exact) mass is 565 g/mol. The van der Waals surface area contributed by atoms with Crippen molar-refractivity contribution in [1.82, 2.24) is 10.2 Å². The highest BCUT2D eigenvalue weighted by atomic mass is 35.5. The fourth-order valence-corrected chi connectivity index (χ4v) is 5.35. The molecule has 0 aliphatic carbocycles. The van der Waals surface area contributed by atoms with Gasteiger partial charge in [0.05, 0.1) is 11.9 Å². The molecular weight excluding hydrogens is 530 g/mol. The summed E-state index contributed by atoms with van der Waals surface area (Å²) >= 11 is 6.02. The molecule has 1 heterocycles. The molecule has 0 aromatic heterocycles. The number of nitrogens with zero attached hydrogens (tertiary/aromatic N) is 2. The summed E-state index contributed by atoms with van der Waals surface area (Å²) in [6.07, 6.45) is 2.70. The summed E-state index contributed by atoms with van der Waals surface area (Å²) in [6.45, 7) is 5.52. The minimum atomic E-state index is -3.62. The molecule has 208 valence electrons. The van der Waals surface area contributed by atoms with E-state index < -0.39 is 16.1 Å². The molecule has 1 aliphatic rings. The summed E-state index contributed by atoms with van der Waals surface area (Å²) < 4.78 is 37.6. The molecular formula is C27H36ClN3O6S. The van der Waals surface area contributed by atoms with Crippen LogP contribution in [-0.2, 0) is 26.2 Å². The van der Waals surface area contributed by atoms with Gasteiger partial charge in [0.15, 0.2) is 11.5 Å². The molecule has 2 aromatic carbocycles. The molecule has 0 spiro atoms. The fourth-order valence-electron chi connectivity index (χ4n) is 4.26. The Morgan fingerprint density at radius 3 is 2.37 bits per heavy atom. The quantitative estimate of drug-likeness (QED) is 0.394. The number of nitrogens with one attached hydrogen (secondary N) is 1. The lowest BCUT2D eigenvalue weighted by Gasteiger charge is -2.31. The average molecular weight is 566 g/mol. The number of hydrogen-bond donors (Lipinski definition) is 1. The Balaban J connectivity index is 1.75. The van der Waals surface area contributed by atoms with Gasteiger partial charge in [-0.1, -0.05) is 37.6 Å². The zero-order chi connectivity index (χ0) is 27.7. The maximum Gasteiger partial charge on any atom is 0.242 e. The zero-order valence-electron chi connectivity index (χ0n) is 22.1. The number of benzene rings is 2. The Labute approximate surface area is 230 Å². The predicted octanol–water partition coefficient (Wildman–Crippen LogP) is 3.99. The average Bonchev–Trinajstić information content (AvgIpc) is 2.89. The topological polar surface area (TPSA) is 105 Å². The van der Waals surface area contributed by atoms with Gasteiger partial charge in [-0.05, 0) is 49.1 Å². The van der Waals surface area contributed by atoms with Crippen molar-refractivity contribution in [1.29, 1.82) is 0 Å². The van der Waals surface area contributed by atoms with Crippen molar-refractivity contribution in [2.24, 2.45) is 0 Å². The molecule has 0 saturated carbocycles. The van der Waals surface area contributed by atoms with Gasteiger partial charge in [-0.25, -0.2) is 8.42 Å². The van der Waals surface area contributed by atoms with Gasteiger partial charge < -0.3 is 19.7 Å². The number of sulfonamides is 1. The predicted molar refractivity (Wildman–Crippen MR) is 148 cm³/mol. The van der Waals surface area contributed by atoms with E-state index in [9.17, 15) is 18.0 Å². The van der Waals surface area contributed by atoms with Crippen molar-refractivity contribution >= 4 is 39.1 Å². The lowest BCUT2D eigenvalue weighted by molar-refractivity contribution is -0.141. The molecule has 1 aliphatic heterocycles. The van der Waals surface area contributed by atoms with Crippen molar-refractivity contribution in [3.8, 4) is 11.5 Å². The molecule has 0 fully saturated rings. The highest BCUT2D eigenvalue weighted by Gasteiger charge is 2.29. The van der Waals surface area contributed by atoms with Gasteiger partial charge in [-0.15, -0.1) is 0 Å². The fraction of sp³-hybridized carbons (Fsp3) is 0.481. The summed E-state index contributed by atoms with van der Waals surface area (Å²) in [4.78, 5) is 27.9. The van der Waals surface area contributed by atoms with E-state index in [1.54, 1.807) is 35.2 Å². The van der Waals surface area contributed by atoms with Crippen LogP contribution in [0.2, 0.25) is 5.02 Å². The number of ether oxygens (including phenoxy) is 2. The maximum atomic E-state index is 13.5. The third-order valence-electron chi connectivity index (χ3n) is 6.17. The first kappa shape index (κ1) is 29.6. The second-order valence-electron chi connectivity index (χ2n) is 9.13. The first-order valence-corrected chi connectivity index (χ1v) is 15.1. The van der Waals surface area contributed by atoms with Gasteiger partial charge in [0.2, 0.25) is 21.8 Å². The molecule has 2 amide bonds.